The third-order valence-corrected chi connectivity index (χ3v) is 3.22. The molecule has 0 unspecified atom stereocenters. The minimum atomic E-state index is -0.322. The number of methoxy groups -OCH3 is 1. The molecule has 0 aliphatic carbocycles. The summed E-state index contributed by atoms with van der Waals surface area (Å²) in [6.45, 7) is 4.20. The number of aromatic nitrogens is 2. The number of hydrogen-bond acceptors (Lipinski definition) is 4. The molecule has 1 aromatic carbocycles. The minimum absolute atomic E-state index is 0.112. The molecule has 0 bridgehead atoms. The van der Waals surface area contributed by atoms with Crippen LogP contribution in [0.25, 0.3) is 0 Å². The van der Waals surface area contributed by atoms with Crippen LogP contribution in [0.2, 0.25) is 0 Å². The second-order valence-electron chi connectivity index (χ2n) is 4.95. The number of nitrogens with zero attached hydrogens (tertiary/aromatic N) is 2. The van der Waals surface area contributed by atoms with Gasteiger partial charge in [-0.3, -0.25) is 14.3 Å². The first kappa shape index (κ1) is 16.5. The molecule has 0 atom stereocenters. The zero-order chi connectivity index (χ0) is 16.8. The monoisotopic (exact) mass is 316 g/mol. The molecule has 2 rings (SSSR count). The highest BCUT2D eigenvalue weighted by atomic mass is 16.5. The van der Waals surface area contributed by atoms with Crippen molar-refractivity contribution in [3.63, 3.8) is 0 Å². The maximum absolute atomic E-state index is 12.1. The second kappa shape index (κ2) is 7.44. The molecule has 23 heavy (non-hydrogen) atoms. The van der Waals surface area contributed by atoms with Crippen molar-refractivity contribution in [2.45, 2.75) is 20.4 Å². The lowest BCUT2D eigenvalue weighted by Gasteiger charge is -2.08. The molecule has 7 heteroatoms. The van der Waals surface area contributed by atoms with E-state index in [0.29, 0.717) is 23.7 Å². The van der Waals surface area contributed by atoms with Gasteiger partial charge in [0.2, 0.25) is 5.91 Å². The number of carbonyl (C=O) groups is 2. The molecular formula is C16H20N4O3. The van der Waals surface area contributed by atoms with Crippen LogP contribution in [0, 0.1) is 6.92 Å². The Hall–Kier alpha value is -2.83. The van der Waals surface area contributed by atoms with Crippen LogP contribution >= 0.6 is 0 Å². The Kier molecular flexibility index (Phi) is 5.35. The van der Waals surface area contributed by atoms with Crippen LogP contribution in [0.4, 0.5) is 5.69 Å². The topological polar surface area (TPSA) is 85.2 Å². The molecule has 2 aromatic rings. The van der Waals surface area contributed by atoms with Crippen LogP contribution < -0.4 is 15.4 Å². The first-order valence-electron chi connectivity index (χ1n) is 7.30. The minimum Gasteiger partial charge on any atom is -0.497 e. The summed E-state index contributed by atoms with van der Waals surface area (Å²) in [4.78, 5) is 24.0. The van der Waals surface area contributed by atoms with Gasteiger partial charge in [0.05, 0.1) is 19.3 Å². The fraction of sp³-hybridized carbons (Fsp3) is 0.312. The normalized spacial score (nSPS) is 10.2. The van der Waals surface area contributed by atoms with Gasteiger partial charge in [0.15, 0.2) is 0 Å². The highest BCUT2D eigenvalue weighted by Gasteiger charge is 2.14. The van der Waals surface area contributed by atoms with Crippen LogP contribution in [0.5, 0.6) is 5.75 Å². The number of ether oxygens (including phenoxy) is 1. The third kappa shape index (κ3) is 4.32. The van der Waals surface area contributed by atoms with Gasteiger partial charge in [-0.2, -0.15) is 5.10 Å². The van der Waals surface area contributed by atoms with E-state index in [9.17, 15) is 9.59 Å². The molecule has 0 fully saturated rings. The molecule has 2 amide bonds. The van der Waals surface area contributed by atoms with E-state index in [1.807, 2.05) is 13.8 Å². The molecule has 0 saturated carbocycles. The van der Waals surface area contributed by atoms with Crippen molar-refractivity contribution in [2.24, 2.45) is 0 Å². The van der Waals surface area contributed by atoms with E-state index in [2.05, 4.69) is 15.7 Å². The number of amides is 2. The van der Waals surface area contributed by atoms with E-state index in [4.69, 9.17) is 4.74 Å². The van der Waals surface area contributed by atoms with Gasteiger partial charge in [-0.15, -0.1) is 0 Å². The summed E-state index contributed by atoms with van der Waals surface area (Å²) in [5, 5.41) is 9.50. The van der Waals surface area contributed by atoms with Crippen LogP contribution in [-0.4, -0.2) is 35.2 Å². The summed E-state index contributed by atoms with van der Waals surface area (Å²) in [5.41, 5.74) is 1.85. The van der Waals surface area contributed by atoms with Gasteiger partial charge in [0, 0.05) is 12.2 Å². The van der Waals surface area contributed by atoms with E-state index in [0.717, 1.165) is 5.69 Å². The number of carbonyl (C=O) groups excluding carboxylic acids is 2. The first-order chi connectivity index (χ1) is 11.0. The SMILES string of the molecule is CCn1nc(C)cc1C(=O)NCC(=O)Nc1ccc(OC)cc1. The zero-order valence-electron chi connectivity index (χ0n) is 13.4. The lowest BCUT2D eigenvalue weighted by molar-refractivity contribution is -0.115. The zero-order valence-corrected chi connectivity index (χ0v) is 13.4. The predicted molar refractivity (Wildman–Crippen MR) is 86.6 cm³/mol. The first-order valence-corrected chi connectivity index (χ1v) is 7.30. The highest BCUT2D eigenvalue weighted by Crippen LogP contribution is 2.14. The van der Waals surface area contributed by atoms with Gasteiger partial charge in [0.25, 0.3) is 5.91 Å². The summed E-state index contributed by atoms with van der Waals surface area (Å²) in [6.07, 6.45) is 0. The largest absolute Gasteiger partial charge is 0.497 e. The van der Waals surface area contributed by atoms with Crippen molar-refractivity contribution in [1.29, 1.82) is 0 Å². The molecule has 0 radical (unpaired) electrons. The van der Waals surface area contributed by atoms with Gasteiger partial charge in [-0.25, -0.2) is 0 Å². The summed E-state index contributed by atoms with van der Waals surface area (Å²) in [5.74, 6) is 0.0830. The standard InChI is InChI=1S/C16H20N4O3/c1-4-20-14(9-11(2)19-20)16(22)17-10-15(21)18-12-5-7-13(23-3)8-6-12/h5-9H,4,10H2,1-3H3,(H,17,22)(H,18,21). The molecule has 1 aromatic heterocycles. The van der Waals surface area contributed by atoms with Crippen molar-refractivity contribution in [2.75, 3.05) is 19.0 Å². The van der Waals surface area contributed by atoms with Gasteiger partial charge in [-0.1, -0.05) is 0 Å². The third-order valence-electron chi connectivity index (χ3n) is 3.22. The average Bonchev–Trinajstić information content (AvgIpc) is 2.94. The summed E-state index contributed by atoms with van der Waals surface area (Å²) in [6, 6.07) is 8.65. The Bertz CT molecular complexity index is 692. The Balaban J connectivity index is 1.89. The predicted octanol–water partition coefficient (Wildman–Crippen LogP) is 1.59. The number of benzene rings is 1. The van der Waals surface area contributed by atoms with E-state index in [1.54, 1.807) is 42.1 Å². The number of aryl methyl sites for hydroxylation is 2. The second-order valence-corrected chi connectivity index (χ2v) is 4.95. The molecule has 0 aliphatic rings. The molecule has 1 heterocycles. The fourth-order valence-corrected chi connectivity index (χ4v) is 2.10. The molecular weight excluding hydrogens is 296 g/mol. The van der Waals surface area contributed by atoms with Crippen LogP contribution in [0.15, 0.2) is 30.3 Å². The van der Waals surface area contributed by atoms with Crippen molar-refractivity contribution in [3.05, 3.63) is 41.7 Å². The van der Waals surface area contributed by atoms with Gasteiger partial charge >= 0.3 is 0 Å². The van der Waals surface area contributed by atoms with Crippen LogP contribution in [0.1, 0.15) is 23.1 Å². The smallest absolute Gasteiger partial charge is 0.269 e. The number of nitrogens with one attached hydrogen (secondary N) is 2. The maximum Gasteiger partial charge on any atom is 0.269 e. The summed E-state index contributed by atoms with van der Waals surface area (Å²) in [7, 11) is 1.58. The van der Waals surface area contributed by atoms with Crippen molar-refractivity contribution in [1.82, 2.24) is 15.1 Å². The lowest BCUT2D eigenvalue weighted by Crippen LogP contribution is -2.34. The maximum atomic E-state index is 12.1. The van der Waals surface area contributed by atoms with Gasteiger partial charge in [0.1, 0.15) is 11.4 Å². The molecule has 2 N–H and O–H groups in total. The van der Waals surface area contributed by atoms with Gasteiger partial charge < -0.3 is 15.4 Å². The molecule has 122 valence electrons. The van der Waals surface area contributed by atoms with Gasteiger partial charge in [-0.05, 0) is 44.2 Å². The van der Waals surface area contributed by atoms with E-state index >= 15 is 0 Å². The fourth-order valence-electron chi connectivity index (χ4n) is 2.10. The van der Waals surface area contributed by atoms with Crippen molar-refractivity contribution < 1.29 is 14.3 Å². The van der Waals surface area contributed by atoms with Crippen LogP contribution in [-0.2, 0) is 11.3 Å². The molecule has 7 nitrogen and oxygen atoms in total. The number of anilines is 1. The van der Waals surface area contributed by atoms with E-state index in [1.165, 1.54) is 0 Å². The quantitative estimate of drug-likeness (QED) is 0.847. The van der Waals surface area contributed by atoms with Crippen molar-refractivity contribution in [3.8, 4) is 5.75 Å². The van der Waals surface area contributed by atoms with E-state index < -0.39 is 0 Å². The molecule has 0 aliphatic heterocycles. The highest BCUT2D eigenvalue weighted by molar-refractivity contribution is 5.98. The molecule has 0 saturated heterocycles. The lowest BCUT2D eigenvalue weighted by atomic mass is 10.3. The Morgan fingerprint density at radius 3 is 2.57 bits per heavy atom. The average molecular weight is 316 g/mol. The molecule has 0 spiro atoms. The Labute approximate surface area is 134 Å². The number of hydrogen-bond donors (Lipinski definition) is 2. The van der Waals surface area contributed by atoms with Crippen LogP contribution in [0.3, 0.4) is 0 Å². The summed E-state index contributed by atoms with van der Waals surface area (Å²) < 4.78 is 6.65. The summed E-state index contributed by atoms with van der Waals surface area (Å²) >= 11 is 0. The number of rotatable bonds is 6. The Morgan fingerprint density at radius 1 is 1.26 bits per heavy atom. The Morgan fingerprint density at radius 2 is 1.96 bits per heavy atom. The van der Waals surface area contributed by atoms with Crippen molar-refractivity contribution >= 4 is 17.5 Å². The van der Waals surface area contributed by atoms with E-state index in [-0.39, 0.29) is 18.4 Å².